The van der Waals surface area contributed by atoms with Crippen molar-refractivity contribution >= 4 is 23.2 Å². The van der Waals surface area contributed by atoms with E-state index in [9.17, 15) is 9.59 Å². The van der Waals surface area contributed by atoms with E-state index in [0.717, 1.165) is 4.88 Å². The van der Waals surface area contributed by atoms with E-state index in [1.807, 2.05) is 31.4 Å². The molecule has 21 heavy (non-hydrogen) atoms. The standard InChI is InChI=1S/C15H16N2O3S/c1-9(2)13(12-4-3-7-21-12)17-14(18)10-5-6-16-11(8-10)15(19)20/h3-9,13H,1-2H3,(H,17,18)(H,19,20). The van der Waals surface area contributed by atoms with Crippen molar-refractivity contribution in [2.45, 2.75) is 19.9 Å². The number of carbonyl (C=O) groups excluding carboxylic acids is 1. The van der Waals surface area contributed by atoms with Gasteiger partial charge >= 0.3 is 5.97 Å². The lowest BCUT2D eigenvalue weighted by Crippen LogP contribution is -2.31. The van der Waals surface area contributed by atoms with Crippen molar-refractivity contribution in [3.63, 3.8) is 0 Å². The zero-order chi connectivity index (χ0) is 15.4. The second kappa shape index (κ2) is 6.49. The molecule has 0 aliphatic rings. The molecule has 0 saturated heterocycles. The van der Waals surface area contributed by atoms with Crippen LogP contribution in [-0.2, 0) is 0 Å². The summed E-state index contributed by atoms with van der Waals surface area (Å²) in [7, 11) is 0. The molecule has 0 spiro atoms. The predicted octanol–water partition coefficient (Wildman–Crippen LogP) is 2.97. The Morgan fingerprint density at radius 1 is 1.33 bits per heavy atom. The zero-order valence-corrected chi connectivity index (χ0v) is 12.6. The Kier molecular flexibility index (Phi) is 4.70. The highest BCUT2D eigenvalue weighted by Crippen LogP contribution is 2.26. The summed E-state index contributed by atoms with van der Waals surface area (Å²) in [5.41, 5.74) is 0.157. The monoisotopic (exact) mass is 304 g/mol. The van der Waals surface area contributed by atoms with E-state index < -0.39 is 5.97 Å². The van der Waals surface area contributed by atoms with Gasteiger partial charge in [-0.15, -0.1) is 11.3 Å². The van der Waals surface area contributed by atoms with Crippen LogP contribution in [0, 0.1) is 5.92 Å². The number of carboxylic acids is 1. The van der Waals surface area contributed by atoms with E-state index in [1.165, 1.54) is 18.3 Å². The molecule has 0 saturated carbocycles. The summed E-state index contributed by atoms with van der Waals surface area (Å²) in [6.45, 7) is 4.06. The summed E-state index contributed by atoms with van der Waals surface area (Å²) in [5.74, 6) is -1.22. The van der Waals surface area contributed by atoms with Crippen molar-refractivity contribution in [2.75, 3.05) is 0 Å². The largest absolute Gasteiger partial charge is 0.477 e. The van der Waals surface area contributed by atoms with Gasteiger partial charge in [0.15, 0.2) is 0 Å². The molecule has 0 aromatic carbocycles. The molecular weight excluding hydrogens is 288 g/mol. The van der Waals surface area contributed by atoms with Gasteiger partial charge in [-0.3, -0.25) is 4.79 Å². The maximum absolute atomic E-state index is 12.3. The van der Waals surface area contributed by atoms with Gasteiger partial charge in [0, 0.05) is 16.6 Å². The molecule has 1 unspecified atom stereocenters. The molecule has 0 fully saturated rings. The molecule has 110 valence electrons. The van der Waals surface area contributed by atoms with Crippen LogP contribution in [0.25, 0.3) is 0 Å². The third kappa shape index (κ3) is 3.66. The maximum atomic E-state index is 12.3. The fourth-order valence-electron chi connectivity index (χ4n) is 1.95. The average Bonchev–Trinajstić information content (AvgIpc) is 2.98. The second-order valence-electron chi connectivity index (χ2n) is 4.95. The number of rotatable bonds is 5. The van der Waals surface area contributed by atoms with Crippen molar-refractivity contribution in [3.8, 4) is 0 Å². The van der Waals surface area contributed by atoms with Gasteiger partial charge in [-0.1, -0.05) is 19.9 Å². The van der Waals surface area contributed by atoms with Crippen molar-refractivity contribution in [3.05, 3.63) is 52.0 Å². The van der Waals surface area contributed by atoms with Crippen LogP contribution in [0.3, 0.4) is 0 Å². The molecule has 0 radical (unpaired) electrons. The highest BCUT2D eigenvalue weighted by atomic mass is 32.1. The summed E-state index contributed by atoms with van der Waals surface area (Å²) in [6, 6.07) is 6.61. The summed E-state index contributed by atoms with van der Waals surface area (Å²) >= 11 is 1.58. The van der Waals surface area contributed by atoms with Gasteiger partial charge in [-0.2, -0.15) is 0 Å². The predicted molar refractivity (Wildman–Crippen MR) is 80.6 cm³/mol. The van der Waals surface area contributed by atoms with Gasteiger partial charge in [-0.05, 0) is 29.5 Å². The van der Waals surface area contributed by atoms with Crippen molar-refractivity contribution in [2.24, 2.45) is 5.92 Å². The minimum Gasteiger partial charge on any atom is -0.477 e. The number of nitrogens with one attached hydrogen (secondary N) is 1. The second-order valence-corrected chi connectivity index (χ2v) is 5.92. The third-order valence-electron chi connectivity index (χ3n) is 3.04. The van der Waals surface area contributed by atoms with E-state index >= 15 is 0 Å². The Hall–Kier alpha value is -2.21. The van der Waals surface area contributed by atoms with Crippen LogP contribution in [0.4, 0.5) is 0 Å². The topological polar surface area (TPSA) is 79.3 Å². The Morgan fingerprint density at radius 3 is 2.67 bits per heavy atom. The minimum absolute atomic E-state index is 0.0982. The van der Waals surface area contributed by atoms with Gasteiger partial charge < -0.3 is 10.4 Å². The number of carbonyl (C=O) groups is 2. The average molecular weight is 304 g/mol. The lowest BCUT2D eigenvalue weighted by atomic mass is 10.0. The number of hydrogen-bond acceptors (Lipinski definition) is 4. The van der Waals surface area contributed by atoms with Crippen LogP contribution >= 0.6 is 11.3 Å². The Labute approximate surface area is 126 Å². The molecule has 0 aliphatic carbocycles. The highest BCUT2D eigenvalue weighted by molar-refractivity contribution is 7.10. The van der Waals surface area contributed by atoms with Gasteiger partial charge in [0.05, 0.1) is 6.04 Å². The van der Waals surface area contributed by atoms with Crippen LogP contribution in [0.5, 0.6) is 0 Å². The lowest BCUT2D eigenvalue weighted by molar-refractivity contribution is 0.0690. The first-order valence-corrected chi connectivity index (χ1v) is 7.40. The normalized spacial score (nSPS) is 12.1. The number of aromatic carboxylic acids is 1. The summed E-state index contributed by atoms with van der Waals surface area (Å²) in [4.78, 5) is 28.0. The van der Waals surface area contributed by atoms with Gasteiger partial charge in [0.2, 0.25) is 0 Å². The van der Waals surface area contributed by atoms with Gasteiger partial charge in [-0.25, -0.2) is 9.78 Å². The number of carboxylic acid groups (broad SMARTS) is 1. The number of thiophene rings is 1. The van der Waals surface area contributed by atoms with E-state index in [4.69, 9.17) is 5.11 Å². The van der Waals surface area contributed by atoms with Crippen molar-refractivity contribution in [1.29, 1.82) is 0 Å². The van der Waals surface area contributed by atoms with E-state index in [2.05, 4.69) is 10.3 Å². The first kappa shape index (κ1) is 15.2. The first-order chi connectivity index (χ1) is 9.99. The lowest BCUT2D eigenvalue weighted by Gasteiger charge is -2.21. The van der Waals surface area contributed by atoms with Crippen LogP contribution < -0.4 is 5.32 Å². The molecule has 0 bridgehead atoms. The Bertz CT molecular complexity index is 638. The smallest absolute Gasteiger partial charge is 0.354 e. The molecule has 2 rings (SSSR count). The third-order valence-corrected chi connectivity index (χ3v) is 4.00. The Morgan fingerprint density at radius 2 is 2.10 bits per heavy atom. The van der Waals surface area contributed by atoms with Gasteiger partial charge in [0.1, 0.15) is 5.69 Å². The van der Waals surface area contributed by atoms with Crippen LogP contribution in [0.15, 0.2) is 35.8 Å². The SMILES string of the molecule is CC(C)C(NC(=O)c1ccnc(C(=O)O)c1)c1cccs1. The zero-order valence-electron chi connectivity index (χ0n) is 11.7. The number of nitrogens with zero attached hydrogens (tertiary/aromatic N) is 1. The maximum Gasteiger partial charge on any atom is 0.354 e. The van der Waals surface area contributed by atoms with Crippen LogP contribution in [0.1, 0.15) is 45.6 Å². The fourth-order valence-corrected chi connectivity index (χ4v) is 2.90. The molecule has 6 heteroatoms. The van der Waals surface area contributed by atoms with Crippen molar-refractivity contribution < 1.29 is 14.7 Å². The molecule has 5 nitrogen and oxygen atoms in total. The minimum atomic E-state index is -1.15. The molecule has 1 amide bonds. The van der Waals surface area contributed by atoms with Gasteiger partial charge in [0.25, 0.3) is 5.91 Å². The first-order valence-electron chi connectivity index (χ1n) is 6.52. The number of pyridine rings is 1. The fraction of sp³-hybridized carbons (Fsp3) is 0.267. The summed E-state index contributed by atoms with van der Waals surface area (Å²) in [5, 5.41) is 13.8. The molecule has 2 N–H and O–H groups in total. The quantitative estimate of drug-likeness (QED) is 0.890. The summed E-state index contributed by atoms with van der Waals surface area (Å²) < 4.78 is 0. The molecule has 2 aromatic heterocycles. The molecule has 2 aromatic rings. The summed E-state index contributed by atoms with van der Waals surface area (Å²) in [6.07, 6.45) is 1.33. The number of amides is 1. The molecular formula is C15H16N2O3S. The molecule has 0 aliphatic heterocycles. The highest BCUT2D eigenvalue weighted by Gasteiger charge is 2.20. The van der Waals surface area contributed by atoms with E-state index in [-0.39, 0.29) is 23.6 Å². The van der Waals surface area contributed by atoms with E-state index in [0.29, 0.717) is 5.56 Å². The molecule has 1 atom stereocenters. The van der Waals surface area contributed by atoms with Crippen LogP contribution in [-0.4, -0.2) is 22.0 Å². The number of hydrogen-bond donors (Lipinski definition) is 2. The number of aromatic nitrogens is 1. The molecule has 2 heterocycles. The Balaban J connectivity index is 2.20. The van der Waals surface area contributed by atoms with E-state index in [1.54, 1.807) is 11.3 Å². The van der Waals surface area contributed by atoms with Crippen LogP contribution in [0.2, 0.25) is 0 Å². The van der Waals surface area contributed by atoms with Crippen molar-refractivity contribution in [1.82, 2.24) is 10.3 Å².